The fourth-order valence-corrected chi connectivity index (χ4v) is 6.08. The van der Waals surface area contributed by atoms with E-state index in [2.05, 4.69) is 19.9 Å². The van der Waals surface area contributed by atoms with E-state index in [4.69, 9.17) is 0 Å². The third kappa shape index (κ3) is 2.74. The SMILES string of the molecule is O=C(NCCn1ccnc1-c1ccccn1)C12CC3CC(CC(C3)C1)C2. The number of carbonyl (C=O) groups is 1. The molecule has 5 nitrogen and oxygen atoms in total. The van der Waals surface area contributed by atoms with E-state index in [0.717, 1.165) is 55.1 Å². The van der Waals surface area contributed by atoms with Crippen LogP contribution in [-0.4, -0.2) is 27.0 Å². The molecule has 0 atom stereocenters. The van der Waals surface area contributed by atoms with Crippen LogP contribution >= 0.6 is 0 Å². The molecular weight excluding hydrogens is 324 g/mol. The summed E-state index contributed by atoms with van der Waals surface area (Å²) in [7, 11) is 0. The Bertz CT molecular complexity index is 762. The lowest BCUT2D eigenvalue weighted by atomic mass is 9.49. The third-order valence-corrected chi connectivity index (χ3v) is 6.77. The first-order chi connectivity index (χ1) is 12.7. The Hall–Kier alpha value is -2.17. The van der Waals surface area contributed by atoms with E-state index in [1.807, 2.05) is 24.4 Å². The van der Waals surface area contributed by atoms with E-state index in [0.29, 0.717) is 12.5 Å². The van der Waals surface area contributed by atoms with Crippen molar-refractivity contribution in [3.8, 4) is 11.5 Å². The molecule has 2 aromatic rings. The summed E-state index contributed by atoms with van der Waals surface area (Å²) in [6.45, 7) is 1.38. The number of pyridine rings is 1. The number of hydrogen-bond acceptors (Lipinski definition) is 3. The molecule has 0 aromatic carbocycles. The van der Waals surface area contributed by atoms with Crippen LogP contribution in [-0.2, 0) is 11.3 Å². The number of carbonyl (C=O) groups excluding carboxylic acids is 1. The third-order valence-electron chi connectivity index (χ3n) is 6.77. The van der Waals surface area contributed by atoms with Crippen LogP contribution in [0, 0.1) is 23.2 Å². The van der Waals surface area contributed by atoms with Gasteiger partial charge in [-0.3, -0.25) is 9.78 Å². The molecule has 4 saturated carbocycles. The Balaban J connectivity index is 1.23. The summed E-state index contributed by atoms with van der Waals surface area (Å²) in [4.78, 5) is 21.8. The van der Waals surface area contributed by atoms with E-state index in [1.165, 1.54) is 19.3 Å². The standard InChI is InChI=1S/C21H26N4O/c26-20(21-12-15-9-16(13-21)11-17(10-15)14-21)24-6-8-25-7-5-23-19(25)18-3-1-2-4-22-18/h1-5,7,15-17H,6,8-14H2,(H,24,26). The van der Waals surface area contributed by atoms with E-state index >= 15 is 0 Å². The fourth-order valence-electron chi connectivity index (χ4n) is 6.08. The van der Waals surface area contributed by atoms with Crippen molar-refractivity contribution in [2.45, 2.75) is 45.1 Å². The highest BCUT2D eigenvalue weighted by molar-refractivity contribution is 5.83. The van der Waals surface area contributed by atoms with Gasteiger partial charge in [-0.25, -0.2) is 4.98 Å². The molecule has 136 valence electrons. The van der Waals surface area contributed by atoms with Crippen LogP contribution in [0.15, 0.2) is 36.8 Å². The molecule has 0 unspecified atom stereocenters. The van der Waals surface area contributed by atoms with Crippen molar-refractivity contribution in [2.24, 2.45) is 23.2 Å². The maximum absolute atomic E-state index is 13.0. The molecule has 2 aromatic heterocycles. The molecule has 0 spiro atoms. The number of amides is 1. The highest BCUT2D eigenvalue weighted by Crippen LogP contribution is 2.60. The second-order valence-corrected chi connectivity index (χ2v) is 8.61. The summed E-state index contributed by atoms with van der Waals surface area (Å²) in [6, 6.07) is 5.84. The summed E-state index contributed by atoms with van der Waals surface area (Å²) in [5, 5.41) is 3.25. The van der Waals surface area contributed by atoms with Crippen LogP contribution in [0.2, 0.25) is 0 Å². The van der Waals surface area contributed by atoms with Gasteiger partial charge in [0.2, 0.25) is 5.91 Å². The van der Waals surface area contributed by atoms with Gasteiger partial charge in [-0.05, 0) is 68.4 Å². The van der Waals surface area contributed by atoms with Gasteiger partial charge >= 0.3 is 0 Å². The molecular formula is C21H26N4O. The zero-order chi connectivity index (χ0) is 17.6. The predicted molar refractivity (Wildman–Crippen MR) is 99.1 cm³/mol. The first kappa shape index (κ1) is 16.0. The maximum Gasteiger partial charge on any atom is 0.226 e. The molecule has 4 fully saturated rings. The van der Waals surface area contributed by atoms with Crippen molar-refractivity contribution < 1.29 is 4.79 Å². The van der Waals surface area contributed by atoms with Gasteiger partial charge in [-0.15, -0.1) is 0 Å². The summed E-state index contributed by atoms with van der Waals surface area (Å²) in [5.41, 5.74) is 0.804. The minimum atomic E-state index is -0.0620. The predicted octanol–water partition coefficient (Wildman–Crippen LogP) is 3.28. The van der Waals surface area contributed by atoms with Gasteiger partial charge in [0.25, 0.3) is 0 Å². The second kappa shape index (κ2) is 6.22. The van der Waals surface area contributed by atoms with Crippen molar-refractivity contribution in [3.05, 3.63) is 36.8 Å². The molecule has 26 heavy (non-hydrogen) atoms. The molecule has 0 radical (unpaired) electrons. The zero-order valence-corrected chi connectivity index (χ0v) is 15.1. The Labute approximate surface area is 154 Å². The molecule has 4 bridgehead atoms. The van der Waals surface area contributed by atoms with E-state index < -0.39 is 0 Å². The lowest BCUT2D eigenvalue weighted by Gasteiger charge is -2.55. The summed E-state index contributed by atoms with van der Waals surface area (Å²) >= 11 is 0. The smallest absolute Gasteiger partial charge is 0.226 e. The average molecular weight is 350 g/mol. The molecule has 1 amide bonds. The van der Waals surface area contributed by atoms with Crippen molar-refractivity contribution in [2.75, 3.05) is 6.54 Å². The highest BCUT2D eigenvalue weighted by Gasteiger charge is 2.54. The van der Waals surface area contributed by atoms with E-state index in [9.17, 15) is 4.79 Å². The number of hydrogen-bond donors (Lipinski definition) is 1. The van der Waals surface area contributed by atoms with Crippen molar-refractivity contribution in [1.82, 2.24) is 19.9 Å². The van der Waals surface area contributed by atoms with Crippen LogP contribution < -0.4 is 5.32 Å². The zero-order valence-electron chi connectivity index (χ0n) is 15.1. The second-order valence-electron chi connectivity index (χ2n) is 8.61. The van der Waals surface area contributed by atoms with Crippen LogP contribution in [0.1, 0.15) is 38.5 Å². The largest absolute Gasteiger partial charge is 0.354 e. The van der Waals surface area contributed by atoms with E-state index in [-0.39, 0.29) is 5.41 Å². The number of nitrogens with one attached hydrogen (secondary N) is 1. The lowest BCUT2D eigenvalue weighted by Crippen LogP contribution is -2.53. The topological polar surface area (TPSA) is 59.8 Å². The molecule has 0 saturated heterocycles. The van der Waals surface area contributed by atoms with Gasteiger partial charge in [0.15, 0.2) is 5.82 Å². The number of nitrogens with zero attached hydrogens (tertiary/aromatic N) is 3. The molecule has 2 heterocycles. The number of aromatic nitrogens is 3. The fraction of sp³-hybridized carbons (Fsp3) is 0.571. The van der Waals surface area contributed by atoms with Crippen molar-refractivity contribution >= 4 is 5.91 Å². The van der Waals surface area contributed by atoms with Crippen molar-refractivity contribution in [1.29, 1.82) is 0 Å². The Kier molecular flexibility index (Phi) is 3.84. The quantitative estimate of drug-likeness (QED) is 0.900. The molecule has 6 rings (SSSR count). The average Bonchev–Trinajstić information content (AvgIpc) is 3.10. The van der Waals surface area contributed by atoms with Gasteiger partial charge in [-0.2, -0.15) is 0 Å². The molecule has 4 aliphatic carbocycles. The normalized spacial score (nSPS) is 31.9. The Morgan fingerprint density at radius 1 is 1.08 bits per heavy atom. The van der Waals surface area contributed by atoms with Crippen LogP contribution in [0.4, 0.5) is 0 Å². The van der Waals surface area contributed by atoms with Crippen LogP contribution in [0.25, 0.3) is 11.5 Å². The molecule has 1 N–H and O–H groups in total. The first-order valence-electron chi connectivity index (χ1n) is 9.93. The summed E-state index contributed by atoms with van der Waals surface area (Å²) in [6.07, 6.45) is 13.0. The summed E-state index contributed by atoms with van der Waals surface area (Å²) < 4.78 is 2.07. The molecule has 4 aliphatic rings. The van der Waals surface area contributed by atoms with Gasteiger partial charge in [0.1, 0.15) is 5.69 Å². The number of imidazole rings is 1. The van der Waals surface area contributed by atoms with Gasteiger partial charge < -0.3 is 9.88 Å². The van der Waals surface area contributed by atoms with E-state index in [1.54, 1.807) is 12.4 Å². The molecule has 0 aliphatic heterocycles. The Morgan fingerprint density at radius 3 is 2.46 bits per heavy atom. The van der Waals surface area contributed by atoms with Gasteiger partial charge in [0.05, 0.1) is 0 Å². The maximum atomic E-state index is 13.0. The van der Waals surface area contributed by atoms with Crippen LogP contribution in [0.3, 0.4) is 0 Å². The van der Waals surface area contributed by atoms with Gasteiger partial charge in [-0.1, -0.05) is 6.07 Å². The van der Waals surface area contributed by atoms with Gasteiger partial charge in [0, 0.05) is 37.1 Å². The summed E-state index contributed by atoms with van der Waals surface area (Å²) in [5.74, 6) is 3.56. The minimum Gasteiger partial charge on any atom is -0.354 e. The first-order valence-corrected chi connectivity index (χ1v) is 9.93. The van der Waals surface area contributed by atoms with Crippen molar-refractivity contribution in [3.63, 3.8) is 0 Å². The Morgan fingerprint density at radius 2 is 1.81 bits per heavy atom. The lowest BCUT2D eigenvalue weighted by molar-refractivity contribution is -0.146. The van der Waals surface area contributed by atoms with Crippen LogP contribution in [0.5, 0.6) is 0 Å². The number of rotatable bonds is 5. The monoisotopic (exact) mass is 350 g/mol. The minimum absolute atomic E-state index is 0.0620. The highest BCUT2D eigenvalue weighted by atomic mass is 16.2. The molecule has 5 heteroatoms.